The van der Waals surface area contributed by atoms with E-state index in [1.165, 1.54) is 45.6 Å². The second-order valence-corrected chi connectivity index (χ2v) is 9.11. The highest BCUT2D eigenvalue weighted by molar-refractivity contribution is 7.93. The van der Waals surface area contributed by atoms with Gasteiger partial charge in [-0.05, 0) is 55.3 Å². The number of aryl methyl sites for hydroxylation is 2. The molecular weight excluding hydrogens is 442 g/mol. The van der Waals surface area contributed by atoms with Gasteiger partial charge in [0.2, 0.25) is 5.75 Å². The summed E-state index contributed by atoms with van der Waals surface area (Å²) in [6, 6.07) is 16.1. The number of ether oxygens (including phenoxy) is 3. The molecule has 0 aliphatic heterocycles. The van der Waals surface area contributed by atoms with Crippen LogP contribution in [0.15, 0.2) is 65.6 Å². The molecular formula is C25H27NO6S. The third-order valence-electron chi connectivity index (χ3n) is 5.23. The first-order valence-electron chi connectivity index (χ1n) is 10.3. The molecule has 33 heavy (non-hydrogen) atoms. The number of nitrogens with zero attached hydrogens (tertiary/aromatic N) is 1. The van der Waals surface area contributed by atoms with Crippen molar-refractivity contribution in [1.29, 1.82) is 0 Å². The number of hydrogen-bond donors (Lipinski definition) is 0. The summed E-state index contributed by atoms with van der Waals surface area (Å²) < 4.78 is 44.1. The molecule has 0 N–H and O–H groups in total. The van der Waals surface area contributed by atoms with Gasteiger partial charge in [-0.1, -0.05) is 36.8 Å². The van der Waals surface area contributed by atoms with E-state index in [4.69, 9.17) is 14.2 Å². The number of amides is 1. The Balaban J connectivity index is 2.21. The average molecular weight is 470 g/mol. The van der Waals surface area contributed by atoms with E-state index in [0.29, 0.717) is 5.75 Å². The maximum Gasteiger partial charge on any atom is 0.272 e. The fourth-order valence-electron chi connectivity index (χ4n) is 3.37. The lowest BCUT2D eigenvalue weighted by Gasteiger charge is -2.24. The predicted octanol–water partition coefficient (Wildman–Crippen LogP) is 4.62. The van der Waals surface area contributed by atoms with Gasteiger partial charge in [-0.25, -0.2) is 8.42 Å². The molecule has 0 spiro atoms. The summed E-state index contributed by atoms with van der Waals surface area (Å²) >= 11 is 0. The van der Waals surface area contributed by atoms with Gasteiger partial charge in [0.25, 0.3) is 15.9 Å². The van der Waals surface area contributed by atoms with Gasteiger partial charge in [0.05, 0.1) is 31.9 Å². The maximum atomic E-state index is 13.7. The number of carbonyl (C=O) groups excluding carboxylic acids is 1. The van der Waals surface area contributed by atoms with Crippen molar-refractivity contribution in [3.63, 3.8) is 0 Å². The first kappa shape index (κ1) is 24.1. The second kappa shape index (κ2) is 9.95. The van der Waals surface area contributed by atoms with Gasteiger partial charge < -0.3 is 14.2 Å². The monoisotopic (exact) mass is 469 g/mol. The number of sulfonamides is 1. The van der Waals surface area contributed by atoms with Crippen molar-refractivity contribution in [1.82, 2.24) is 0 Å². The molecule has 3 rings (SSSR count). The van der Waals surface area contributed by atoms with Crippen LogP contribution in [0.2, 0.25) is 0 Å². The highest BCUT2D eigenvalue weighted by atomic mass is 32.2. The van der Waals surface area contributed by atoms with Crippen LogP contribution in [0.3, 0.4) is 0 Å². The summed E-state index contributed by atoms with van der Waals surface area (Å²) in [6.45, 7) is 3.86. The molecule has 7 nitrogen and oxygen atoms in total. The third kappa shape index (κ3) is 4.80. The summed E-state index contributed by atoms with van der Waals surface area (Å²) in [5, 5.41) is 0. The van der Waals surface area contributed by atoms with Gasteiger partial charge in [0, 0.05) is 5.56 Å². The second-order valence-electron chi connectivity index (χ2n) is 7.32. The number of methoxy groups -OCH3 is 3. The topological polar surface area (TPSA) is 82.1 Å². The molecule has 3 aromatic carbocycles. The zero-order chi connectivity index (χ0) is 24.2. The van der Waals surface area contributed by atoms with Crippen LogP contribution in [0.4, 0.5) is 5.69 Å². The molecule has 0 aromatic heterocycles. The van der Waals surface area contributed by atoms with Crippen molar-refractivity contribution in [2.24, 2.45) is 0 Å². The minimum absolute atomic E-state index is 0.00783. The van der Waals surface area contributed by atoms with Gasteiger partial charge >= 0.3 is 0 Å². The molecule has 1 amide bonds. The van der Waals surface area contributed by atoms with Crippen molar-refractivity contribution >= 4 is 21.6 Å². The highest BCUT2D eigenvalue weighted by Crippen LogP contribution is 2.39. The number of hydrogen-bond acceptors (Lipinski definition) is 6. The van der Waals surface area contributed by atoms with Crippen LogP contribution in [0, 0.1) is 6.92 Å². The Morgan fingerprint density at radius 2 is 1.39 bits per heavy atom. The van der Waals surface area contributed by atoms with Crippen LogP contribution < -0.4 is 18.5 Å². The molecule has 174 valence electrons. The van der Waals surface area contributed by atoms with E-state index in [2.05, 4.69) is 0 Å². The minimum atomic E-state index is -4.22. The number of benzene rings is 3. The van der Waals surface area contributed by atoms with Crippen molar-refractivity contribution < 1.29 is 27.4 Å². The molecule has 3 aromatic rings. The first-order chi connectivity index (χ1) is 15.8. The van der Waals surface area contributed by atoms with E-state index >= 15 is 0 Å². The minimum Gasteiger partial charge on any atom is -0.493 e. The molecule has 0 bridgehead atoms. The van der Waals surface area contributed by atoms with Crippen molar-refractivity contribution in [3.05, 3.63) is 77.4 Å². The van der Waals surface area contributed by atoms with Crippen molar-refractivity contribution in [2.75, 3.05) is 25.6 Å². The predicted molar refractivity (Wildman–Crippen MR) is 127 cm³/mol. The van der Waals surface area contributed by atoms with Crippen molar-refractivity contribution in [2.45, 2.75) is 25.2 Å². The fourth-order valence-corrected chi connectivity index (χ4v) is 4.78. The van der Waals surface area contributed by atoms with Crippen molar-refractivity contribution in [3.8, 4) is 17.2 Å². The van der Waals surface area contributed by atoms with Crippen LogP contribution in [0.5, 0.6) is 17.2 Å². The molecule has 0 aliphatic carbocycles. The lowest BCUT2D eigenvalue weighted by molar-refractivity contribution is 0.100. The normalized spacial score (nSPS) is 11.1. The molecule has 0 unspecified atom stereocenters. The van der Waals surface area contributed by atoms with Crippen LogP contribution in [-0.4, -0.2) is 35.7 Å². The summed E-state index contributed by atoms with van der Waals surface area (Å²) in [7, 11) is 0.0808. The van der Waals surface area contributed by atoms with Crippen LogP contribution >= 0.6 is 0 Å². The van der Waals surface area contributed by atoms with Gasteiger partial charge in [0.15, 0.2) is 11.5 Å². The Hall–Kier alpha value is -3.52. The lowest BCUT2D eigenvalue weighted by atomic mass is 10.1. The fraction of sp³-hybridized carbons (Fsp3) is 0.240. The Morgan fingerprint density at radius 3 is 1.85 bits per heavy atom. The third-order valence-corrected chi connectivity index (χ3v) is 6.96. The Kier molecular flexibility index (Phi) is 7.28. The Bertz CT molecular complexity index is 1210. The van der Waals surface area contributed by atoms with E-state index in [0.717, 1.165) is 21.9 Å². The lowest BCUT2D eigenvalue weighted by Crippen LogP contribution is -2.37. The first-order valence-corrected chi connectivity index (χ1v) is 11.8. The SMILES string of the molecule is CCc1ccc(N(C(=O)c2cc(OC)c(OC)c(OC)c2)S(=O)(=O)c2ccc(C)cc2)cc1. The molecule has 0 saturated carbocycles. The van der Waals surface area contributed by atoms with Gasteiger partial charge in [-0.2, -0.15) is 4.31 Å². The van der Waals surface area contributed by atoms with E-state index in [1.54, 1.807) is 36.4 Å². The largest absolute Gasteiger partial charge is 0.493 e. The quantitative estimate of drug-likeness (QED) is 0.479. The summed E-state index contributed by atoms with van der Waals surface area (Å²) in [6.07, 6.45) is 0.784. The molecule has 8 heteroatoms. The molecule has 0 saturated heterocycles. The molecule has 0 fully saturated rings. The van der Waals surface area contributed by atoms with Gasteiger partial charge in [-0.3, -0.25) is 4.79 Å². The summed E-state index contributed by atoms with van der Waals surface area (Å²) in [5.74, 6) is 0.0410. The van der Waals surface area contributed by atoms with Crippen LogP contribution in [0.25, 0.3) is 0 Å². The van der Waals surface area contributed by atoms with E-state index in [-0.39, 0.29) is 27.6 Å². The zero-order valence-electron chi connectivity index (χ0n) is 19.3. The number of anilines is 1. The summed E-state index contributed by atoms with van der Waals surface area (Å²) in [5.41, 5.74) is 2.22. The molecule has 0 atom stereocenters. The Labute approximate surface area is 194 Å². The summed E-state index contributed by atoms with van der Waals surface area (Å²) in [4.78, 5) is 13.7. The molecule has 0 heterocycles. The number of rotatable bonds is 8. The van der Waals surface area contributed by atoms with Crippen LogP contribution in [-0.2, 0) is 16.4 Å². The zero-order valence-corrected chi connectivity index (χ0v) is 20.1. The molecule has 0 aliphatic rings. The van der Waals surface area contributed by atoms with E-state index in [9.17, 15) is 13.2 Å². The van der Waals surface area contributed by atoms with Gasteiger partial charge in [-0.15, -0.1) is 0 Å². The highest BCUT2D eigenvalue weighted by Gasteiger charge is 2.33. The average Bonchev–Trinajstić information content (AvgIpc) is 2.83. The van der Waals surface area contributed by atoms with Crippen LogP contribution in [0.1, 0.15) is 28.4 Å². The maximum absolute atomic E-state index is 13.7. The van der Waals surface area contributed by atoms with Gasteiger partial charge in [0.1, 0.15) is 0 Å². The number of carbonyl (C=O) groups is 1. The smallest absolute Gasteiger partial charge is 0.272 e. The Morgan fingerprint density at radius 1 is 0.848 bits per heavy atom. The van der Waals surface area contributed by atoms with E-state index < -0.39 is 15.9 Å². The standard InChI is InChI=1S/C25H27NO6S/c1-6-18-9-11-20(12-10-18)26(33(28,29)21-13-7-17(2)8-14-21)25(27)19-15-22(30-3)24(32-5)23(16-19)31-4/h7-16H,6H2,1-5H3. The molecule has 0 radical (unpaired) electrons. The van der Waals surface area contributed by atoms with E-state index in [1.807, 2.05) is 13.8 Å².